The van der Waals surface area contributed by atoms with Crippen LogP contribution < -0.4 is 15.8 Å². The third-order valence-electron chi connectivity index (χ3n) is 4.96. The SMILES string of the molecule is Cc1ccc(CNC(=O)C2(CN)CCOCC2)c(Oc2ccccc2)c1. The Balaban J connectivity index is 1.72. The largest absolute Gasteiger partial charge is 0.457 e. The van der Waals surface area contributed by atoms with Gasteiger partial charge in [0.05, 0.1) is 5.41 Å². The van der Waals surface area contributed by atoms with Gasteiger partial charge in [0.2, 0.25) is 5.91 Å². The number of rotatable bonds is 6. The van der Waals surface area contributed by atoms with Crippen LogP contribution in [0.15, 0.2) is 48.5 Å². The van der Waals surface area contributed by atoms with Crippen LogP contribution in [0.2, 0.25) is 0 Å². The van der Waals surface area contributed by atoms with E-state index in [1.165, 1.54) is 0 Å². The molecule has 5 nitrogen and oxygen atoms in total. The van der Waals surface area contributed by atoms with Crippen molar-refractivity contribution in [3.05, 3.63) is 59.7 Å². The molecule has 138 valence electrons. The van der Waals surface area contributed by atoms with Gasteiger partial charge in [0.25, 0.3) is 0 Å². The summed E-state index contributed by atoms with van der Waals surface area (Å²) < 4.78 is 11.4. The van der Waals surface area contributed by atoms with E-state index in [4.69, 9.17) is 15.2 Å². The predicted octanol–water partition coefficient (Wildman–Crippen LogP) is 3.16. The van der Waals surface area contributed by atoms with Crippen molar-refractivity contribution in [2.45, 2.75) is 26.3 Å². The van der Waals surface area contributed by atoms with Crippen molar-refractivity contribution >= 4 is 5.91 Å². The lowest BCUT2D eigenvalue weighted by Gasteiger charge is -2.34. The zero-order chi connectivity index (χ0) is 18.4. The van der Waals surface area contributed by atoms with Gasteiger partial charge in [0.15, 0.2) is 0 Å². The highest BCUT2D eigenvalue weighted by Gasteiger charge is 2.38. The van der Waals surface area contributed by atoms with E-state index in [1.807, 2.05) is 55.5 Å². The summed E-state index contributed by atoms with van der Waals surface area (Å²) in [5, 5.41) is 3.05. The Labute approximate surface area is 154 Å². The summed E-state index contributed by atoms with van der Waals surface area (Å²) in [7, 11) is 0. The molecule has 3 N–H and O–H groups in total. The molecule has 2 aromatic carbocycles. The smallest absolute Gasteiger partial charge is 0.227 e. The van der Waals surface area contributed by atoms with E-state index in [2.05, 4.69) is 5.32 Å². The molecule has 0 bridgehead atoms. The summed E-state index contributed by atoms with van der Waals surface area (Å²) in [6.07, 6.45) is 1.33. The zero-order valence-corrected chi connectivity index (χ0v) is 15.2. The second-order valence-corrected chi connectivity index (χ2v) is 6.81. The molecule has 1 aliphatic heterocycles. The minimum absolute atomic E-state index is 0.00506. The number of carbonyl (C=O) groups excluding carboxylic acids is 1. The lowest BCUT2D eigenvalue weighted by molar-refractivity contribution is -0.136. The van der Waals surface area contributed by atoms with Crippen LogP contribution in [-0.4, -0.2) is 25.7 Å². The standard InChI is InChI=1S/C21H26N2O3/c1-16-7-8-17(19(13-16)26-18-5-3-2-4-6-18)14-23-20(24)21(15-22)9-11-25-12-10-21/h2-8,13H,9-12,14-15,22H2,1H3,(H,23,24). The Kier molecular flexibility index (Phi) is 5.91. The van der Waals surface area contributed by atoms with Gasteiger partial charge < -0.3 is 20.5 Å². The van der Waals surface area contributed by atoms with Crippen LogP contribution in [-0.2, 0) is 16.1 Å². The Morgan fingerprint density at radius 1 is 1.19 bits per heavy atom. The highest BCUT2D eigenvalue weighted by molar-refractivity contribution is 5.83. The van der Waals surface area contributed by atoms with E-state index in [0.717, 1.165) is 22.6 Å². The van der Waals surface area contributed by atoms with Crippen LogP contribution in [0.25, 0.3) is 0 Å². The molecule has 5 heteroatoms. The number of amides is 1. The van der Waals surface area contributed by atoms with Crippen molar-refractivity contribution in [1.82, 2.24) is 5.32 Å². The number of carbonyl (C=O) groups is 1. The Morgan fingerprint density at radius 2 is 1.92 bits per heavy atom. The molecule has 3 rings (SSSR count). The molecular weight excluding hydrogens is 328 g/mol. The fourth-order valence-electron chi connectivity index (χ4n) is 3.17. The van der Waals surface area contributed by atoms with E-state index in [1.54, 1.807) is 0 Å². The summed E-state index contributed by atoms with van der Waals surface area (Å²) in [5.74, 6) is 1.52. The second kappa shape index (κ2) is 8.34. The Bertz CT molecular complexity index is 740. The van der Waals surface area contributed by atoms with Crippen LogP contribution in [0.4, 0.5) is 0 Å². The van der Waals surface area contributed by atoms with Crippen molar-refractivity contribution in [2.24, 2.45) is 11.1 Å². The Hall–Kier alpha value is -2.37. The number of para-hydroxylation sites is 1. The van der Waals surface area contributed by atoms with Gasteiger partial charge in [-0.25, -0.2) is 0 Å². The first-order valence-corrected chi connectivity index (χ1v) is 9.01. The third kappa shape index (κ3) is 4.23. The topological polar surface area (TPSA) is 73.6 Å². The predicted molar refractivity (Wildman–Crippen MR) is 101 cm³/mol. The number of hydrogen-bond donors (Lipinski definition) is 2. The number of aryl methyl sites for hydroxylation is 1. The van der Waals surface area contributed by atoms with Crippen molar-refractivity contribution in [3.8, 4) is 11.5 Å². The lowest BCUT2D eigenvalue weighted by Crippen LogP contribution is -2.49. The summed E-state index contributed by atoms with van der Waals surface area (Å²) in [4.78, 5) is 12.8. The van der Waals surface area contributed by atoms with Gasteiger partial charge in [-0.1, -0.05) is 30.3 Å². The fraction of sp³-hybridized carbons (Fsp3) is 0.381. The number of nitrogens with one attached hydrogen (secondary N) is 1. The van der Waals surface area contributed by atoms with E-state index in [-0.39, 0.29) is 5.91 Å². The van der Waals surface area contributed by atoms with Gasteiger partial charge in [0.1, 0.15) is 11.5 Å². The van der Waals surface area contributed by atoms with Gasteiger partial charge in [-0.05, 0) is 43.5 Å². The second-order valence-electron chi connectivity index (χ2n) is 6.81. The highest BCUT2D eigenvalue weighted by Crippen LogP contribution is 2.30. The van der Waals surface area contributed by atoms with Crippen LogP contribution in [0.1, 0.15) is 24.0 Å². The average Bonchev–Trinajstić information content (AvgIpc) is 2.68. The average molecular weight is 354 g/mol. The van der Waals surface area contributed by atoms with Gasteiger partial charge in [-0.15, -0.1) is 0 Å². The van der Waals surface area contributed by atoms with Crippen LogP contribution >= 0.6 is 0 Å². The van der Waals surface area contributed by atoms with Gasteiger partial charge in [-0.2, -0.15) is 0 Å². The molecule has 26 heavy (non-hydrogen) atoms. The first-order chi connectivity index (χ1) is 12.6. The molecule has 1 amide bonds. The maximum Gasteiger partial charge on any atom is 0.227 e. The van der Waals surface area contributed by atoms with Gasteiger partial charge in [-0.3, -0.25) is 4.79 Å². The van der Waals surface area contributed by atoms with Crippen molar-refractivity contribution in [3.63, 3.8) is 0 Å². The van der Waals surface area contributed by atoms with E-state index in [9.17, 15) is 4.79 Å². The summed E-state index contributed by atoms with van der Waals surface area (Å²) in [6, 6.07) is 15.6. The first kappa shape index (κ1) is 18.4. The Morgan fingerprint density at radius 3 is 2.62 bits per heavy atom. The number of nitrogens with two attached hydrogens (primary N) is 1. The van der Waals surface area contributed by atoms with Crippen LogP contribution in [0.5, 0.6) is 11.5 Å². The van der Waals surface area contributed by atoms with E-state index >= 15 is 0 Å². The maximum absolute atomic E-state index is 12.8. The molecule has 1 fully saturated rings. The number of benzene rings is 2. The minimum atomic E-state index is -0.524. The summed E-state index contributed by atoms with van der Waals surface area (Å²) in [5.41, 5.74) is 7.44. The molecule has 0 radical (unpaired) electrons. The number of hydrogen-bond acceptors (Lipinski definition) is 4. The molecule has 0 saturated carbocycles. The minimum Gasteiger partial charge on any atom is -0.457 e. The molecule has 2 aromatic rings. The lowest BCUT2D eigenvalue weighted by atomic mass is 9.79. The summed E-state index contributed by atoms with van der Waals surface area (Å²) in [6.45, 7) is 3.92. The molecule has 1 aliphatic rings. The zero-order valence-electron chi connectivity index (χ0n) is 15.2. The monoisotopic (exact) mass is 354 g/mol. The third-order valence-corrected chi connectivity index (χ3v) is 4.96. The normalized spacial score (nSPS) is 16.1. The van der Waals surface area contributed by atoms with Crippen LogP contribution in [0, 0.1) is 12.3 Å². The maximum atomic E-state index is 12.8. The van der Waals surface area contributed by atoms with E-state index in [0.29, 0.717) is 39.1 Å². The van der Waals surface area contributed by atoms with Crippen molar-refractivity contribution in [2.75, 3.05) is 19.8 Å². The molecule has 0 spiro atoms. The van der Waals surface area contributed by atoms with Crippen molar-refractivity contribution in [1.29, 1.82) is 0 Å². The molecular formula is C21H26N2O3. The van der Waals surface area contributed by atoms with E-state index < -0.39 is 5.41 Å². The first-order valence-electron chi connectivity index (χ1n) is 9.01. The van der Waals surface area contributed by atoms with Gasteiger partial charge in [0, 0.05) is 31.9 Å². The molecule has 0 atom stereocenters. The molecule has 1 saturated heterocycles. The highest BCUT2D eigenvalue weighted by atomic mass is 16.5. The summed E-state index contributed by atoms with van der Waals surface area (Å²) >= 11 is 0. The van der Waals surface area contributed by atoms with Crippen molar-refractivity contribution < 1.29 is 14.3 Å². The van der Waals surface area contributed by atoms with Crippen LogP contribution in [0.3, 0.4) is 0 Å². The quantitative estimate of drug-likeness (QED) is 0.836. The molecule has 0 aromatic heterocycles. The number of ether oxygens (including phenoxy) is 2. The molecule has 0 unspecified atom stereocenters. The van der Waals surface area contributed by atoms with Gasteiger partial charge >= 0.3 is 0 Å². The molecule has 0 aliphatic carbocycles. The molecule has 1 heterocycles. The fourth-order valence-corrected chi connectivity index (χ4v) is 3.17.